The fraction of sp³-hybridized carbons (Fsp3) is 0.571. The second-order valence-electron chi connectivity index (χ2n) is 9.66. The lowest BCUT2D eigenvalue weighted by Gasteiger charge is -2.26. The van der Waals surface area contributed by atoms with Gasteiger partial charge in [-0.15, -0.1) is 6.42 Å². The van der Waals surface area contributed by atoms with E-state index in [-0.39, 0.29) is 0 Å². The van der Waals surface area contributed by atoms with Gasteiger partial charge in [0.15, 0.2) is 0 Å². The van der Waals surface area contributed by atoms with E-state index in [1.165, 1.54) is 36.2 Å². The lowest BCUT2D eigenvalue weighted by Crippen LogP contribution is -2.33. The molecule has 1 aliphatic carbocycles. The normalized spacial score (nSPS) is 23.1. The molecule has 0 radical (unpaired) electrons. The molecule has 178 valence electrons. The Morgan fingerprint density at radius 2 is 1.79 bits per heavy atom. The van der Waals surface area contributed by atoms with E-state index in [2.05, 4.69) is 88.6 Å². The molecule has 4 rings (SSSR count). The molecule has 0 spiro atoms. The van der Waals surface area contributed by atoms with Gasteiger partial charge in [-0.2, -0.15) is 0 Å². The number of halogens is 1. The van der Waals surface area contributed by atoms with Crippen LogP contribution in [-0.4, -0.2) is 60.4 Å². The number of hydrogen-bond acceptors (Lipinski definition) is 4. The van der Waals surface area contributed by atoms with E-state index in [1.807, 2.05) is 0 Å². The van der Waals surface area contributed by atoms with E-state index in [1.54, 1.807) is 0 Å². The van der Waals surface area contributed by atoms with Crippen LogP contribution in [0.5, 0.6) is 0 Å². The van der Waals surface area contributed by atoms with Crippen LogP contribution in [0, 0.1) is 18.3 Å². The number of hydrogen-bond donors (Lipinski definition) is 0. The maximum Gasteiger partial charge on any atom is 0.0984 e. The van der Waals surface area contributed by atoms with E-state index < -0.39 is 0 Å². The number of allylic oxidation sites excluding steroid dienone is 4. The Morgan fingerprint density at radius 3 is 2.36 bits per heavy atom. The maximum absolute atomic E-state index is 5.87. The average Bonchev–Trinajstić information content (AvgIpc) is 3.67. The average molecular weight is 561 g/mol. The Bertz CT molecular complexity index is 862. The summed E-state index contributed by atoms with van der Waals surface area (Å²) in [6.45, 7) is 10.4. The molecule has 0 N–H and O–H groups in total. The summed E-state index contributed by atoms with van der Waals surface area (Å²) in [6, 6.07) is 8.91. The zero-order valence-corrected chi connectivity index (χ0v) is 22.2. The quantitative estimate of drug-likeness (QED) is 0.103. The van der Waals surface area contributed by atoms with Crippen molar-refractivity contribution < 1.29 is 9.47 Å². The standard InChI is InChI=1S/C28H37IN2O2/c1-4-22(7-6-21(3)30(15-24-8-9-24)17-27-19-32-27)14-23-10-12-26(13-11-23)31(16-25(29)5-2)18-28-20-33-28/h1,6-7,10-13,24-25,27-28H,5,8-9,14-20H2,2-3H3/b21-6+,22-7+. The third-order valence-electron chi connectivity index (χ3n) is 6.60. The van der Waals surface area contributed by atoms with Gasteiger partial charge in [-0.05, 0) is 62.0 Å². The summed E-state index contributed by atoms with van der Waals surface area (Å²) in [4.78, 5) is 4.94. The predicted octanol–water partition coefficient (Wildman–Crippen LogP) is 5.22. The minimum Gasteiger partial charge on any atom is -0.372 e. The first-order chi connectivity index (χ1) is 16.0. The molecule has 3 unspecified atom stereocenters. The topological polar surface area (TPSA) is 31.5 Å². The Kier molecular flexibility index (Phi) is 8.78. The highest BCUT2D eigenvalue weighted by Crippen LogP contribution is 2.31. The zero-order valence-electron chi connectivity index (χ0n) is 20.0. The molecule has 1 saturated carbocycles. The van der Waals surface area contributed by atoms with Gasteiger partial charge in [0, 0.05) is 53.5 Å². The van der Waals surface area contributed by atoms with Gasteiger partial charge in [0.1, 0.15) is 0 Å². The molecular formula is C28H37IN2O2. The van der Waals surface area contributed by atoms with Crippen LogP contribution in [0.2, 0.25) is 0 Å². The van der Waals surface area contributed by atoms with Crippen molar-refractivity contribution in [1.82, 2.24) is 4.90 Å². The summed E-state index contributed by atoms with van der Waals surface area (Å²) >= 11 is 2.55. The molecule has 2 aliphatic heterocycles. The van der Waals surface area contributed by atoms with Crippen molar-refractivity contribution in [3.8, 4) is 12.3 Å². The number of rotatable bonds is 14. The van der Waals surface area contributed by atoms with Crippen molar-refractivity contribution in [3.05, 3.63) is 53.3 Å². The van der Waals surface area contributed by atoms with Crippen molar-refractivity contribution in [2.24, 2.45) is 5.92 Å². The van der Waals surface area contributed by atoms with Crippen molar-refractivity contribution in [2.45, 2.75) is 55.7 Å². The summed E-state index contributed by atoms with van der Waals surface area (Å²) in [6.07, 6.45) is 15.7. The summed E-state index contributed by atoms with van der Waals surface area (Å²) in [5.41, 5.74) is 4.81. The van der Waals surface area contributed by atoms with Gasteiger partial charge < -0.3 is 19.3 Å². The van der Waals surface area contributed by atoms with Crippen LogP contribution in [0.1, 0.15) is 38.7 Å². The molecule has 0 amide bonds. The molecule has 2 saturated heterocycles. The van der Waals surface area contributed by atoms with E-state index in [4.69, 9.17) is 15.9 Å². The third kappa shape index (κ3) is 8.35. The maximum atomic E-state index is 5.87. The van der Waals surface area contributed by atoms with E-state index in [0.29, 0.717) is 16.1 Å². The number of ether oxygens (including phenoxy) is 2. The number of terminal acetylenes is 1. The third-order valence-corrected chi connectivity index (χ3v) is 7.87. The van der Waals surface area contributed by atoms with Gasteiger partial charge in [0.05, 0.1) is 25.4 Å². The lowest BCUT2D eigenvalue weighted by molar-refractivity contribution is 0.283. The molecule has 3 fully saturated rings. The van der Waals surface area contributed by atoms with Gasteiger partial charge in [-0.3, -0.25) is 0 Å². The van der Waals surface area contributed by atoms with Crippen LogP contribution in [-0.2, 0) is 15.9 Å². The Morgan fingerprint density at radius 1 is 1.12 bits per heavy atom. The molecule has 5 heteroatoms. The van der Waals surface area contributed by atoms with Crippen LogP contribution < -0.4 is 4.90 Å². The van der Waals surface area contributed by atoms with Gasteiger partial charge in [-0.1, -0.05) is 47.6 Å². The highest BCUT2D eigenvalue weighted by Gasteiger charge is 2.30. The Balaban J connectivity index is 1.37. The Labute approximate surface area is 213 Å². The summed E-state index contributed by atoms with van der Waals surface area (Å²) < 4.78 is 11.6. The van der Waals surface area contributed by atoms with Gasteiger partial charge in [0.25, 0.3) is 0 Å². The number of benzene rings is 1. The van der Waals surface area contributed by atoms with Crippen molar-refractivity contribution in [1.29, 1.82) is 0 Å². The molecular weight excluding hydrogens is 523 g/mol. The van der Waals surface area contributed by atoms with Crippen molar-refractivity contribution >= 4 is 28.3 Å². The predicted molar refractivity (Wildman–Crippen MR) is 145 cm³/mol. The number of epoxide rings is 2. The minimum absolute atomic E-state index is 0.391. The van der Waals surface area contributed by atoms with E-state index in [9.17, 15) is 0 Å². The smallest absolute Gasteiger partial charge is 0.0984 e. The van der Waals surface area contributed by atoms with Crippen LogP contribution in [0.3, 0.4) is 0 Å². The first-order valence-corrected chi connectivity index (χ1v) is 13.6. The second kappa shape index (κ2) is 11.8. The van der Waals surface area contributed by atoms with Crippen LogP contribution in [0.15, 0.2) is 47.7 Å². The highest BCUT2D eigenvalue weighted by atomic mass is 127. The van der Waals surface area contributed by atoms with Gasteiger partial charge >= 0.3 is 0 Å². The number of anilines is 1. The van der Waals surface area contributed by atoms with Gasteiger partial charge in [0.2, 0.25) is 0 Å². The lowest BCUT2D eigenvalue weighted by atomic mass is 10.0. The van der Waals surface area contributed by atoms with Gasteiger partial charge in [-0.25, -0.2) is 0 Å². The molecule has 1 aromatic rings. The molecule has 4 nitrogen and oxygen atoms in total. The van der Waals surface area contributed by atoms with Crippen LogP contribution in [0.25, 0.3) is 0 Å². The molecule has 1 aromatic carbocycles. The first-order valence-electron chi connectivity index (χ1n) is 12.3. The minimum atomic E-state index is 0.391. The molecule has 33 heavy (non-hydrogen) atoms. The number of nitrogens with zero attached hydrogens (tertiary/aromatic N) is 2. The fourth-order valence-electron chi connectivity index (χ4n) is 4.00. The van der Waals surface area contributed by atoms with Crippen LogP contribution in [0.4, 0.5) is 5.69 Å². The molecule has 0 aromatic heterocycles. The summed E-state index contributed by atoms with van der Waals surface area (Å²) in [5.74, 6) is 3.76. The second-order valence-corrected chi connectivity index (χ2v) is 11.4. The van der Waals surface area contributed by atoms with Crippen molar-refractivity contribution in [2.75, 3.05) is 44.3 Å². The molecule has 0 bridgehead atoms. The summed E-state index contributed by atoms with van der Waals surface area (Å²) in [7, 11) is 0. The van der Waals surface area contributed by atoms with E-state index >= 15 is 0 Å². The molecule has 3 aliphatic rings. The molecule has 3 atom stereocenters. The Hall–Kier alpha value is -1.49. The molecule has 2 heterocycles. The van der Waals surface area contributed by atoms with Crippen molar-refractivity contribution in [3.63, 3.8) is 0 Å². The largest absolute Gasteiger partial charge is 0.372 e. The fourth-order valence-corrected chi connectivity index (χ4v) is 4.47. The SMILES string of the molecule is C#C/C(=C\C=C(/C)N(CC1CC1)CC1CO1)Cc1ccc(N(CC(I)CC)CC2CO2)cc1. The zero-order chi connectivity index (χ0) is 23.2. The summed E-state index contributed by atoms with van der Waals surface area (Å²) in [5, 5.41) is 0. The number of alkyl halides is 1. The van der Waals surface area contributed by atoms with Crippen LogP contribution >= 0.6 is 22.6 Å². The monoisotopic (exact) mass is 560 g/mol. The first kappa shape index (κ1) is 24.6. The van der Waals surface area contributed by atoms with E-state index in [0.717, 1.165) is 57.3 Å². The highest BCUT2D eigenvalue weighted by molar-refractivity contribution is 14.1.